The molecular formula is C22H27NO. The Morgan fingerprint density at radius 2 is 1.67 bits per heavy atom. The molecule has 1 amide bonds. The lowest BCUT2D eigenvalue weighted by Gasteiger charge is -2.57. The van der Waals surface area contributed by atoms with Crippen molar-refractivity contribution in [1.82, 2.24) is 4.90 Å². The minimum Gasteiger partial charge on any atom is -0.332 e. The van der Waals surface area contributed by atoms with Crippen molar-refractivity contribution in [2.75, 3.05) is 6.54 Å². The molecule has 0 saturated heterocycles. The molecule has 0 aliphatic heterocycles. The second kappa shape index (κ2) is 6.58. The summed E-state index contributed by atoms with van der Waals surface area (Å²) in [6.45, 7) is 4.57. The molecule has 1 aromatic carbocycles. The number of rotatable bonds is 5. The smallest absolute Gasteiger partial charge is 0.247 e. The normalized spacial score (nSPS) is 33.8. The lowest BCUT2D eigenvalue weighted by molar-refractivity contribution is -0.137. The van der Waals surface area contributed by atoms with Crippen molar-refractivity contribution in [3.63, 3.8) is 0 Å². The minimum atomic E-state index is 0.149. The van der Waals surface area contributed by atoms with Crippen LogP contribution in [0.3, 0.4) is 0 Å². The van der Waals surface area contributed by atoms with E-state index in [0.717, 1.165) is 29.2 Å². The Hall–Kier alpha value is -1.83. The number of amides is 1. The van der Waals surface area contributed by atoms with E-state index in [9.17, 15) is 4.79 Å². The zero-order valence-corrected chi connectivity index (χ0v) is 14.3. The molecule has 24 heavy (non-hydrogen) atoms. The highest BCUT2D eigenvalue weighted by atomic mass is 16.2. The average Bonchev–Trinajstić information content (AvgIpc) is 2.59. The maximum absolute atomic E-state index is 12.9. The Morgan fingerprint density at radius 1 is 1.04 bits per heavy atom. The number of carbonyl (C=O) groups excluding carboxylic acids is 1. The predicted molar refractivity (Wildman–Crippen MR) is 98.2 cm³/mol. The Bertz CT molecular complexity index is 605. The second-order valence-electron chi connectivity index (χ2n) is 7.94. The maximum Gasteiger partial charge on any atom is 0.247 e. The first-order valence-corrected chi connectivity index (χ1v) is 9.39. The summed E-state index contributed by atoms with van der Waals surface area (Å²) in [5, 5.41) is 0. The lowest BCUT2D eigenvalue weighted by Crippen LogP contribution is -2.57. The van der Waals surface area contributed by atoms with Gasteiger partial charge in [0.2, 0.25) is 5.91 Å². The summed E-state index contributed by atoms with van der Waals surface area (Å²) in [6.07, 6.45) is 12.4. The highest BCUT2D eigenvalue weighted by molar-refractivity contribution is 5.92. The van der Waals surface area contributed by atoms with E-state index in [1.807, 2.05) is 42.5 Å². The van der Waals surface area contributed by atoms with Gasteiger partial charge in [0.1, 0.15) is 0 Å². The average molecular weight is 321 g/mol. The first kappa shape index (κ1) is 15.7. The van der Waals surface area contributed by atoms with Crippen LogP contribution in [0.15, 0.2) is 49.1 Å². The van der Waals surface area contributed by atoms with Crippen LogP contribution in [0, 0.1) is 23.7 Å². The summed E-state index contributed by atoms with van der Waals surface area (Å²) in [5.41, 5.74) is 1.08. The van der Waals surface area contributed by atoms with E-state index in [0.29, 0.717) is 12.6 Å². The van der Waals surface area contributed by atoms with Crippen LogP contribution in [-0.2, 0) is 4.79 Å². The monoisotopic (exact) mass is 321 g/mol. The summed E-state index contributed by atoms with van der Waals surface area (Å²) in [4.78, 5) is 15.0. The maximum atomic E-state index is 12.9. The third-order valence-electron chi connectivity index (χ3n) is 6.36. The van der Waals surface area contributed by atoms with Crippen LogP contribution >= 0.6 is 0 Å². The molecule has 4 fully saturated rings. The SMILES string of the molecule is C=CCN(C(=O)/C=C/c1ccccc1)C1C2CC3CC(C2)CC1C3. The summed E-state index contributed by atoms with van der Waals surface area (Å²) >= 11 is 0. The summed E-state index contributed by atoms with van der Waals surface area (Å²) in [5.74, 6) is 3.45. The van der Waals surface area contributed by atoms with Crippen molar-refractivity contribution in [3.8, 4) is 0 Å². The standard InChI is InChI=1S/C22H27NO/c1-2-10-23(21(24)9-8-16-6-4-3-5-7-16)22-19-12-17-11-18(14-19)15-20(22)13-17/h2-9,17-20,22H,1,10-15H2/b9-8+. The van der Waals surface area contributed by atoms with Crippen LogP contribution in [-0.4, -0.2) is 23.4 Å². The van der Waals surface area contributed by atoms with Gasteiger partial charge in [-0.1, -0.05) is 36.4 Å². The number of hydrogen-bond acceptors (Lipinski definition) is 1. The summed E-state index contributed by atoms with van der Waals surface area (Å²) in [6, 6.07) is 10.5. The van der Waals surface area contributed by atoms with E-state index in [4.69, 9.17) is 0 Å². The van der Waals surface area contributed by atoms with E-state index in [-0.39, 0.29) is 5.91 Å². The molecule has 0 atom stereocenters. The predicted octanol–water partition coefficient (Wildman–Crippen LogP) is 4.54. The lowest BCUT2D eigenvalue weighted by atomic mass is 9.54. The van der Waals surface area contributed by atoms with Gasteiger partial charge in [-0.2, -0.15) is 0 Å². The summed E-state index contributed by atoms with van der Waals surface area (Å²) in [7, 11) is 0. The molecule has 126 valence electrons. The van der Waals surface area contributed by atoms with Gasteiger partial charge < -0.3 is 4.90 Å². The third kappa shape index (κ3) is 2.94. The van der Waals surface area contributed by atoms with Gasteiger partial charge in [-0.3, -0.25) is 4.79 Å². The van der Waals surface area contributed by atoms with Crippen LogP contribution in [0.5, 0.6) is 0 Å². The van der Waals surface area contributed by atoms with Gasteiger partial charge in [0.05, 0.1) is 0 Å². The van der Waals surface area contributed by atoms with Gasteiger partial charge in [-0.25, -0.2) is 0 Å². The molecule has 0 unspecified atom stereocenters. The molecule has 0 radical (unpaired) electrons. The zero-order valence-electron chi connectivity index (χ0n) is 14.3. The molecule has 2 nitrogen and oxygen atoms in total. The molecule has 0 N–H and O–H groups in total. The van der Waals surface area contributed by atoms with Crippen molar-refractivity contribution in [2.45, 2.75) is 38.1 Å². The Balaban J connectivity index is 1.52. The fourth-order valence-corrected chi connectivity index (χ4v) is 5.73. The third-order valence-corrected chi connectivity index (χ3v) is 6.36. The van der Waals surface area contributed by atoms with E-state index in [1.54, 1.807) is 6.08 Å². The molecule has 5 rings (SSSR count). The number of hydrogen-bond donors (Lipinski definition) is 0. The fourth-order valence-electron chi connectivity index (χ4n) is 5.73. The Morgan fingerprint density at radius 3 is 2.25 bits per heavy atom. The van der Waals surface area contributed by atoms with E-state index in [1.165, 1.54) is 32.1 Å². The van der Waals surface area contributed by atoms with E-state index in [2.05, 4.69) is 11.5 Å². The van der Waals surface area contributed by atoms with Crippen LogP contribution < -0.4 is 0 Å². The largest absolute Gasteiger partial charge is 0.332 e. The molecule has 0 spiro atoms. The zero-order chi connectivity index (χ0) is 16.5. The van der Waals surface area contributed by atoms with Gasteiger partial charge >= 0.3 is 0 Å². The van der Waals surface area contributed by atoms with Gasteiger partial charge in [0.25, 0.3) is 0 Å². The number of carbonyl (C=O) groups is 1. The van der Waals surface area contributed by atoms with Crippen LogP contribution in [0.1, 0.15) is 37.7 Å². The highest BCUT2D eigenvalue weighted by Gasteiger charge is 2.50. The van der Waals surface area contributed by atoms with Crippen LogP contribution in [0.2, 0.25) is 0 Å². The van der Waals surface area contributed by atoms with Gasteiger partial charge in [0.15, 0.2) is 0 Å². The highest BCUT2D eigenvalue weighted by Crippen LogP contribution is 2.55. The molecule has 4 aliphatic rings. The number of benzene rings is 1. The van der Waals surface area contributed by atoms with Crippen molar-refractivity contribution < 1.29 is 4.79 Å². The molecule has 4 saturated carbocycles. The minimum absolute atomic E-state index is 0.149. The number of nitrogens with zero attached hydrogens (tertiary/aromatic N) is 1. The molecule has 4 bridgehead atoms. The van der Waals surface area contributed by atoms with E-state index >= 15 is 0 Å². The molecule has 0 aromatic heterocycles. The first-order valence-electron chi connectivity index (χ1n) is 9.39. The van der Waals surface area contributed by atoms with Crippen molar-refractivity contribution in [1.29, 1.82) is 0 Å². The van der Waals surface area contributed by atoms with Crippen molar-refractivity contribution in [3.05, 3.63) is 54.6 Å². The van der Waals surface area contributed by atoms with Gasteiger partial charge in [-0.05, 0) is 67.4 Å². The first-order chi connectivity index (χ1) is 11.7. The van der Waals surface area contributed by atoms with Crippen molar-refractivity contribution >= 4 is 12.0 Å². The Labute approximate surface area is 145 Å². The van der Waals surface area contributed by atoms with Gasteiger partial charge in [0, 0.05) is 18.7 Å². The van der Waals surface area contributed by atoms with Gasteiger partial charge in [-0.15, -0.1) is 6.58 Å². The molecule has 0 heterocycles. The topological polar surface area (TPSA) is 20.3 Å². The van der Waals surface area contributed by atoms with Crippen molar-refractivity contribution in [2.24, 2.45) is 23.7 Å². The molecule has 4 aliphatic carbocycles. The fraction of sp³-hybridized carbons (Fsp3) is 0.500. The second-order valence-corrected chi connectivity index (χ2v) is 7.94. The van der Waals surface area contributed by atoms with Crippen LogP contribution in [0.4, 0.5) is 0 Å². The van der Waals surface area contributed by atoms with E-state index < -0.39 is 0 Å². The molecule has 2 heteroatoms. The Kier molecular flexibility index (Phi) is 4.30. The molecule has 1 aromatic rings. The van der Waals surface area contributed by atoms with Crippen LogP contribution in [0.25, 0.3) is 6.08 Å². The molecular weight excluding hydrogens is 294 g/mol. The summed E-state index contributed by atoms with van der Waals surface area (Å²) < 4.78 is 0. The quantitative estimate of drug-likeness (QED) is 0.576.